The van der Waals surface area contributed by atoms with Crippen LogP contribution in [0.25, 0.3) is 0 Å². The second-order valence-electron chi connectivity index (χ2n) is 7.77. The van der Waals surface area contributed by atoms with Crippen molar-refractivity contribution in [2.24, 2.45) is 5.92 Å². The molecular formula is C22H25N3O4. The first-order chi connectivity index (χ1) is 14.0. The van der Waals surface area contributed by atoms with Crippen LogP contribution >= 0.6 is 0 Å². The number of benzene rings is 1. The Bertz CT molecular complexity index is 967. The first kappa shape index (κ1) is 19.2. The third-order valence-electron chi connectivity index (χ3n) is 5.77. The van der Waals surface area contributed by atoms with Gasteiger partial charge in [0.2, 0.25) is 11.8 Å². The Balaban J connectivity index is 1.32. The fraction of sp³-hybridized carbons (Fsp3) is 0.409. The Morgan fingerprint density at radius 1 is 1.07 bits per heavy atom. The van der Waals surface area contributed by atoms with Crippen molar-refractivity contribution in [3.05, 3.63) is 58.5 Å². The predicted molar refractivity (Wildman–Crippen MR) is 109 cm³/mol. The lowest BCUT2D eigenvalue weighted by molar-refractivity contribution is -0.135. The molecule has 7 heteroatoms. The van der Waals surface area contributed by atoms with Crippen molar-refractivity contribution in [2.45, 2.75) is 31.7 Å². The number of piperidine rings is 1. The Labute approximate surface area is 169 Å². The number of ether oxygens (including phenoxy) is 1. The van der Waals surface area contributed by atoms with Gasteiger partial charge >= 0.3 is 0 Å². The molecular weight excluding hydrogens is 370 g/mol. The van der Waals surface area contributed by atoms with E-state index in [1.54, 1.807) is 43.5 Å². The van der Waals surface area contributed by atoms with Crippen molar-refractivity contribution < 1.29 is 14.3 Å². The van der Waals surface area contributed by atoms with E-state index in [4.69, 9.17) is 4.74 Å². The first-order valence-electron chi connectivity index (χ1n) is 9.95. The van der Waals surface area contributed by atoms with E-state index in [0.29, 0.717) is 31.2 Å². The summed E-state index contributed by atoms with van der Waals surface area (Å²) in [6.07, 6.45) is 1.33. The normalized spacial score (nSPS) is 20.0. The Morgan fingerprint density at radius 3 is 2.62 bits per heavy atom. The summed E-state index contributed by atoms with van der Waals surface area (Å²) in [4.78, 5) is 38.9. The molecule has 1 fully saturated rings. The summed E-state index contributed by atoms with van der Waals surface area (Å²) in [5, 5.41) is 2.81. The molecule has 0 radical (unpaired) electrons. The van der Waals surface area contributed by atoms with Crippen LogP contribution in [0.2, 0.25) is 0 Å². The molecule has 0 saturated carbocycles. The van der Waals surface area contributed by atoms with Gasteiger partial charge in [0, 0.05) is 55.8 Å². The van der Waals surface area contributed by atoms with E-state index in [-0.39, 0.29) is 36.1 Å². The lowest BCUT2D eigenvalue weighted by Gasteiger charge is -2.42. The molecule has 29 heavy (non-hydrogen) atoms. The zero-order valence-corrected chi connectivity index (χ0v) is 16.5. The molecule has 1 saturated heterocycles. The van der Waals surface area contributed by atoms with E-state index in [0.717, 1.165) is 17.9 Å². The van der Waals surface area contributed by atoms with Gasteiger partial charge in [-0.1, -0.05) is 6.07 Å². The molecule has 152 valence electrons. The molecule has 3 heterocycles. The highest BCUT2D eigenvalue weighted by atomic mass is 16.5. The number of hydrogen-bond acceptors (Lipinski definition) is 4. The number of methoxy groups -OCH3 is 1. The highest BCUT2D eigenvalue weighted by molar-refractivity contribution is 5.93. The van der Waals surface area contributed by atoms with E-state index in [1.807, 2.05) is 15.5 Å². The van der Waals surface area contributed by atoms with Crippen LogP contribution in [0.4, 0.5) is 5.69 Å². The lowest BCUT2D eigenvalue weighted by atomic mass is 9.83. The minimum absolute atomic E-state index is 0.00342. The fourth-order valence-electron chi connectivity index (χ4n) is 4.38. The highest BCUT2D eigenvalue weighted by Gasteiger charge is 2.36. The van der Waals surface area contributed by atoms with Crippen LogP contribution in [0, 0.1) is 5.92 Å². The number of nitrogens with zero attached hydrogens (tertiary/aromatic N) is 2. The summed E-state index contributed by atoms with van der Waals surface area (Å²) in [6.45, 7) is 1.92. The van der Waals surface area contributed by atoms with Crippen molar-refractivity contribution >= 4 is 17.5 Å². The van der Waals surface area contributed by atoms with Gasteiger partial charge in [-0.15, -0.1) is 0 Å². The van der Waals surface area contributed by atoms with Crippen molar-refractivity contribution in [3.8, 4) is 5.75 Å². The molecule has 0 aliphatic carbocycles. The number of nitrogens with one attached hydrogen (secondary N) is 1. The molecule has 0 unspecified atom stereocenters. The van der Waals surface area contributed by atoms with Gasteiger partial charge in [0.15, 0.2) is 0 Å². The maximum atomic E-state index is 12.7. The first-order valence-corrected chi connectivity index (χ1v) is 9.95. The molecule has 2 aliphatic heterocycles. The molecule has 1 N–H and O–H groups in total. The number of hydrogen-bond donors (Lipinski definition) is 1. The van der Waals surface area contributed by atoms with E-state index >= 15 is 0 Å². The van der Waals surface area contributed by atoms with E-state index in [9.17, 15) is 14.4 Å². The molecule has 1 aromatic carbocycles. The monoisotopic (exact) mass is 395 g/mol. The smallest absolute Gasteiger partial charge is 0.250 e. The van der Waals surface area contributed by atoms with Crippen LogP contribution < -0.4 is 15.6 Å². The minimum Gasteiger partial charge on any atom is -0.497 e. The van der Waals surface area contributed by atoms with Crippen molar-refractivity contribution in [3.63, 3.8) is 0 Å². The van der Waals surface area contributed by atoms with Gasteiger partial charge < -0.3 is 19.5 Å². The van der Waals surface area contributed by atoms with Crippen LogP contribution in [0.5, 0.6) is 5.75 Å². The van der Waals surface area contributed by atoms with Gasteiger partial charge in [-0.3, -0.25) is 14.4 Å². The third kappa shape index (κ3) is 4.18. The van der Waals surface area contributed by atoms with Gasteiger partial charge in [-0.2, -0.15) is 0 Å². The zero-order chi connectivity index (χ0) is 20.4. The molecule has 7 nitrogen and oxygen atoms in total. The second-order valence-corrected chi connectivity index (χ2v) is 7.77. The number of likely N-dealkylation sites (tertiary alicyclic amines) is 1. The zero-order valence-electron chi connectivity index (χ0n) is 16.5. The van der Waals surface area contributed by atoms with E-state index < -0.39 is 0 Å². The highest BCUT2D eigenvalue weighted by Crippen LogP contribution is 2.35. The molecule has 2 atom stereocenters. The Hall–Kier alpha value is -3.09. The Kier molecular flexibility index (Phi) is 5.38. The number of anilines is 1. The summed E-state index contributed by atoms with van der Waals surface area (Å²) in [7, 11) is 1.59. The van der Waals surface area contributed by atoms with E-state index in [1.165, 1.54) is 0 Å². The average molecular weight is 395 g/mol. The predicted octanol–water partition coefficient (Wildman–Crippen LogP) is 2.22. The molecule has 4 rings (SSSR count). The molecule has 2 aliphatic rings. The second kappa shape index (κ2) is 8.11. The van der Waals surface area contributed by atoms with Gasteiger partial charge in [-0.05, 0) is 42.7 Å². The minimum atomic E-state index is -0.183. The number of fused-ring (bicyclic) bond motifs is 4. The van der Waals surface area contributed by atoms with Crippen LogP contribution in [0.15, 0.2) is 47.3 Å². The summed E-state index contributed by atoms with van der Waals surface area (Å²) in [6, 6.07) is 12.5. The van der Waals surface area contributed by atoms with Crippen molar-refractivity contribution in [1.82, 2.24) is 9.47 Å². The standard InChI is InChI=1S/C22H25N3O4/c1-29-18-7-5-17(6-8-18)23-20(26)9-10-21(27)24-12-15-11-16(14-24)19-3-2-4-22(28)25(19)13-15/h2-8,15-16H,9-14H2,1H3,(H,23,26)/t15-,16+/m1/s1. The summed E-state index contributed by atoms with van der Waals surface area (Å²) in [5.74, 6) is 1.01. The number of aromatic nitrogens is 1. The topological polar surface area (TPSA) is 80.6 Å². The summed E-state index contributed by atoms with van der Waals surface area (Å²) >= 11 is 0. The maximum absolute atomic E-state index is 12.7. The van der Waals surface area contributed by atoms with Crippen molar-refractivity contribution in [1.29, 1.82) is 0 Å². The largest absolute Gasteiger partial charge is 0.497 e. The van der Waals surface area contributed by atoms with Gasteiger partial charge in [-0.25, -0.2) is 0 Å². The third-order valence-corrected chi connectivity index (χ3v) is 5.77. The number of carbonyl (C=O) groups is 2. The fourth-order valence-corrected chi connectivity index (χ4v) is 4.38. The number of pyridine rings is 1. The summed E-state index contributed by atoms with van der Waals surface area (Å²) < 4.78 is 6.95. The van der Waals surface area contributed by atoms with Crippen molar-refractivity contribution in [2.75, 3.05) is 25.5 Å². The van der Waals surface area contributed by atoms with Crippen LogP contribution in [0.3, 0.4) is 0 Å². The van der Waals surface area contributed by atoms with Gasteiger partial charge in [0.1, 0.15) is 5.75 Å². The molecule has 0 spiro atoms. The van der Waals surface area contributed by atoms with E-state index in [2.05, 4.69) is 5.32 Å². The van der Waals surface area contributed by atoms with Crippen LogP contribution in [-0.2, 0) is 16.1 Å². The van der Waals surface area contributed by atoms with Crippen LogP contribution in [0.1, 0.15) is 30.9 Å². The maximum Gasteiger partial charge on any atom is 0.250 e. The van der Waals surface area contributed by atoms with Crippen LogP contribution in [-0.4, -0.2) is 41.5 Å². The number of amides is 2. The number of carbonyl (C=O) groups excluding carboxylic acids is 2. The molecule has 2 bridgehead atoms. The number of rotatable bonds is 5. The molecule has 2 amide bonds. The summed E-state index contributed by atoms with van der Waals surface area (Å²) in [5.41, 5.74) is 1.73. The van der Waals surface area contributed by atoms with Gasteiger partial charge in [0.25, 0.3) is 5.56 Å². The van der Waals surface area contributed by atoms with Gasteiger partial charge in [0.05, 0.1) is 7.11 Å². The quantitative estimate of drug-likeness (QED) is 0.842. The molecule has 2 aromatic rings. The SMILES string of the molecule is COc1ccc(NC(=O)CCC(=O)N2C[C@H]3C[C@@H](C2)c2cccc(=O)n2C3)cc1. The lowest BCUT2D eigenvalue weighted by Crippen LogP contribution is -2.49. The Morgan fingerprint density at radius 2 is 1.86 bits per heavy atom. The molecule has 1 aromatic heterocycles. The average Bonchev–Trinajstić information content (AvgIpc) is 2.73.